The van der Waals surface area contributed by atoms with E-state index in [2.05, 4.69) is 22.3 Å². The molecule has 0 fully saturated rings. The quantitative estimate of drug-likeness (QED) is 0.464. The van der Waals surface area contributed by atoms with Gasteiger partial charge in [0.05, 0.1) is 0 Å². The van der Waals surface area contributed by atoms with E-state index in [0.29, 0.717) is 0 Å². The number of hydrogen-bond acceptors (Lipinski definition) is 2. The minimum Gasteiger partial charge on any atom is -0.382 e. The van der Waals surface area contributed by atoms with Crippen molar-refractivity contribution < 1.29 is 13.2 Å². The van der Waals surface area contributed by atoms with Crippen molar-refractivity contribution in [2.24, 2.45) is 5.73 Å². The summed E-state index contributed by atoms with van der Waals surface area (Å²) >= 11 is -0.139. The molecule has 0 aliphatic heterocycles. The van der Waals surface area contributed by atoms with Crippen LogP contribution in [-0.4, -0.2) is 25.0 Å². The van der Waals surface area contributed by atoms with Crippen LogP contribution in [0.2, 0.25) is 17.4 Å². The van der Waals surface area contributed by atoms with Gasteiger partial charge in [-0.15, -0.1) is 17.4 Å². The second kappa shape index (κ2) is 6.62. The van der Waals surface area contributed by atoms with E-state index in [1.54, 1.807) is 0 Å². The van der Waals surface area contributed by atoms with Gasteiger partial charge in [0.15, 0.2) is 0 Å². The van der Waals surface area contributed by atoms with Crippen LogP contribution in [-0.2, 0) is 6.18 Å². The van der Waals surface area contributed by atoms with Gasteiger partial charge < -0.3 is 5.73 Å². The van der Waals surface area contributed by atoms with E-state index < -0.39 is 17.7 Å². The van der Waals surface area contributed by atoms with Crippen LogP contribution in [0, 0.1) is 5.41 Å². The number of nitrogens with zero attached hydrogens (tertiary/aromatic N) is 1. The molecule has 0 radical (unpaired) electrons. The summed E-state index contributed by atoms with van der Waals surface area (Å²) in [6, 6.07) is 3.23. The SMILES string of the molecule is N=C(N)c1cccc(C(F)(F)F)n1.[CH3][Al]([CH3])[CH3]. The topological polar surface area (TPSA) is 62.8 Å². The molecule has 1 rings (SSSR count). The molecule has 0 saturated heterocycles. The van der Waals surface area contributed by atoms with Crippen molar-refractivity contribution in [3.63, 3.8) is 0 Å². The zero-order valence-corrected chi connectivity index (χ0v) is 11.1. The Balaban J connectivity index is 0.000000557. The highest BCUT2D eigenvalue weighted by atomic mass is 27.2. The lowest BCUT2D eigenvalue weighted by molar-refractivity contribution is -0.141. The fraction of sp³-hybridized carbons (Fsp3) is 0.400. The van der Waals surface area contributed by atoms with Crippen LogP contribution < -0.4 is 5.73 Å². The average Bonchev–Trinajstić information content (AvgIpc) is 2.15. The van der Waals surface area contributed by atoms with E-state index in [1.807, 2.05) is 0 Å². The third-order valence-corrected chi connectivity index (χ3v) is 1.32. The molecule has 0 atom stereocenters. The summed E-state index contributed by atoms with van der Waals surface area (Å²) in [5.41, 5.74) is 3.77. The summed E-state index contributed by atoms with van der Waals surface area (Å²) in [7, 11) is 0. The predicted octanol–water partition coefficient (Wildman–Crippen LogP) is 2.76. The maximum absolute atomic E-state index is 12.1. The molecule has 0 saturated carbocycles. The Labute approximate surface area is 103 Å². The van der Waals surface area contributed by atoms with E-state index in [-0.39, 0.29) is 19.8 Å². The Morgan fingerprint density at radius 2 is 1.76 bits per heavy atom. The summed E-state index contributed by atoms with van der Waals surface area (Å²) in [5, 5.41) is 6.88. The van der Waals surface area contributed by atoms with E-state index in [9.17, 15) is 13.2 Å². The standard InChI is InChI=1S/C7H6F3N3.3CH3.Al/c8-7(9,10)5-3-1-2-4(13-5)6(11)12;;;;/h1-3H,(H3,11,12);3*1H3;. The second-order valence-corrected chi connectivity index (χ2v) is 7.52. The number of amidine groups is 1. The van der Waals surface area contributed by atoms with Gasteiger partial charge in [-0.1, -0.05) is 6.07 Å². The van der Waals surface area contributed by atoms with Crippen molar-refractivity contribution in [1.82, 2.24) is 4.98 Å². The molecular weight excluding hydrogens is 246 g/mol. The molecule has 0 bridgehead atoms. The van der Waals surface area contributed by atoms with E-state index >= 15 is 0 Å². The van der Waals surface area contributed by atoms with Crippen molar-refractivity contribution in [1.29, 1.82) is 5.41 Å². The fourth-order valence-electron chi connectivity index (χ4n) is 0.743. The normalized spacial score (nSPS) is 10.2. The lowest BCUT2D eigenvalue weighted by Crippen LogP contribution is -2.16. The summed E-state index contributed by atoms with van der Waals surface area (Å²) in [6.45, 7) is 0. The highest BCUT2D eigenvalue weighted by molar-refractivity contribution is 6.54. The summed E-state index contributed by atoms with van der Waals surface area (Å²) in [5.74, 6) is 6.44. The molecule has 1 aromatic heterocycles. The Bertz CT molecular complexity index is 375. The van der Waals surface area contributed by atoms with E-state index in [0.717, 1.165) is 12.1 Å². The van der Waals surface area contributed by atoms with Gasteiger partial charge in [0, 0.05) is 0 Å². The monoisotopic (exact) mass is 261 g/mol. The number of alkyl halides is 3. The number of hydrogen-bond donors (Lipinski definition) is 2. The van der Waals surface area contributed by atoms with Gasteiger partial charge in [0.25, 0.3) is 14.1 Å². The van der Waals surface area contributed by atoms with Gasteiger partial charge in [0.1, 0.15) is 17.2 Å². The van der Waals surface area contributed by atoms with Gasteiger partial charge in [-0.2, -0.15) is 13.2 Å². The van der Waals surface area contributed by atoms with Crippen LogP contribution in [0.3, 0.4) is 0 Å². The molecule has 94 valence electrons. The lowest BCUT2D eigenvalue weighted by atomic mass is 10.3. The number of nitrogen functional groups attached to an aromatic ring is 1. The van der Waals surface area contributed by atoms with Crippen molar-refractivity contribution in [2.75, 3.05) is 0 Å². The Morgan fingerprint density at radius 1 is 1.29 bits per heavy atom. The molecular formula is C10H15AlF3N3. The third kappa shape index (κ3) is 6.98. The molecule has 7 heteroatoms. The van der Waals surface area contributed by atoms with Crippen molar-refractivity contribution in [3.8, 4) is 0 Å². The van der Waals surface area contributed by atoms with Crippen molar-refractivity contribution in [2.45, 2.75) is 23.5 Å². The Kier molecular flexibility index (Phi) is 6.21. The van der Waals surface area contributed by atoms with Crippen LogP contribution in [0.25, 0.3) is 0 Å². The predicted molar refractivity (Wildman–Crippen MR) is 63.6 cm³/mol. The number of aromatic nitrogens is 1. The first-order chi connectivity index (χ1) is 7.64. The van der Waals surface area contributed by atoms with Crippen LogP contribution in [0.4, 0.5) is 13.2 Å². The van der Waals surface area contributed by atoms with Crippen LogP contribution >= 0.6 is 0 Å². The first-order valence-corrected chi connectivity index (χ1v) is 8.49. The number of pyridine rings is 1. The van der Waals surface area contributed by atoms with E-state index in [4.69, 9.17) is 11.1 Å². The smallest absolute Gasteiger partial charge is 0.382 e. The third-order valence-electron chi connectivity index (χ3n) is 1.32. The van der Waals surface area contributed by atoms with Crippen LogP contribution in [0.15, 0.2) is 18.2 Å². The van der Waals surface area contributed by atoms with E-state index in [1.165, 1.54) is 6.07 Å². The molecule has 1 heterocycles. The van der Waals surface area contributed by atoms with Gasteiger partial charge in [-0.05, 0) is 12.1 Å². The minimum atomic E-state index is -4.49. The van der Waals surface area contributed by atoms with Gasteiger partial charge in [-0.3, -0.25) is 5.41 Å². The number of nitrogens with one attached hydrogen (secondary N) is 1. The van der Waals surface area contributed by atoms with Crippen LogP contribution in [0.5, 0.6) is 0 Å². The molecule has 3 N–H and O–H groups in total. The average molecular weight is 261 g/mol. The zero-order chi connectivity index (χ0) is 13.6. The van der Waals surface area contributed by atoms with Crippen molar-refractivity contribution in [3.05, 3.63) is 29.6 Å². The summed E-state index contributed by atoms with van der Waals surface area (Å²) in [4.78, 5) is 3.17. The van der Waals surface area contributed by atoms with Gasteiger partial charge >= 0.3 is 6.18 Å². The minimum absolute atomic E-state index is 0.139. The first-order valence-electron chi connectivity index (χ1n) is 5.03. The molecule has 0 aliphatic carbocycles. The Morgan fingerprint density at radius 3 is 2.12 bits per heavy atom. The largest absolute Gasteiger partial charge is 0.433 e. The van der Waals surface area contributed by atoms with Crippen LogP contribution in [0.1, 0.15) is 11.4 Å². The first kappa shape index (κ1) is 15.9. The number of halogens is 3. The Hall–Kier alpha value is -1.06. The maximum Gasteiger partial charge on any atom is 0.433 e. The maximum atomic E-state index is 12.1. The number of rotatable bonds is 1. The molecule has 17 heavy (non-hydrogen) atoms. The molecule has 3 nitrogen and oxygen atoms in total. The fourth-order valence-corrected chi connectivity index (χ4v) is 0.743. The highest BCUT2D eigenvalue weighted by Crippen LogP contribution is 2.27. The highest BCUT2D eigenvalue weighted by Gasteiger charge is 2.32. The van der Waals surface area contributed by atoms with Gasteiger partial charge in [-0.25, -0.2) is 4.98 Å². The van der Waals surface area contributed by atoms with Crippen molar-refractivity contribution >= 4 is 20.0 Å². The summed E-state index contributed by atoms with van der Waals surface area (Å²) in [6.07, 6.45) is -4.49. The molecule has 0 aromatic carbocycles. The molecule has 0 unspecified atom stereocenters. The molecule has 0 amide bonds. The zero-order valence-electron chi connectivity index (χ0n) is 9.97. The molecule has 1 aromatic rings. The second-order valence-electron chi connectivity index (χ2n) is 4.05. The van der Waals surface area contributed by atoms with Gasteiger partial charge in [0.2, 0.25) is 0 Å². The number of nitrogens with two attached hydrogens (primary N) is 1. The summed E-state index contributed by atoms with van der Waals surface area (Å²) < 4.78 is 36.2. The molecule has 0 aliphatic rings. The lowest BCUT2D eigenvalue weighted by Gasteiger charge is -2.06. The molecule has 0 spiro atoms.